The number of rotatable bonds is 5. The molecule has 1 rings (SSSR count). The van der Waals surface area contributed by atoms with Crippen molar-refractivity contribution < 1.29 is 14.6 Å². The van der Waals surface area contributed by atoms with Crippen LogP contribution in [-0.4, -0.2) is 33.8 Å². The second kappa shape index (κ2) is 4.50. The van der Waals surface area contributed by atoms with Gasteiger partial charge in [-0.15, -0.1) is 0 Å². The summed E-state index contributed by atoms with van der Waals surface area (Å²) in [6.07, 6.45) is 5.12. The summed E-state index contributed by atoms with van der Waals surface area (Å²) < 4.78 is 6.64. The Morgan fingerprint density at radius 3 is 3.08 bits per heavy atom. The summed E-state index contributed by atoms with van der Waals surface area (Å²) >= 11 is 0. The fourth-order valence-electron chi connectivity index (χ4n) is 0.748. The van der Waals surface area contributed by atoms with E-state index in [1.54, 1.807) is 18.7 Å². The molecule has 0 aliphatic carbocycles. The van der Waals surface area contributed by atoms with Gasteiger partial charge in [-0.1, -0.05) is 0 Å². The minimum atomic E-state index is -0.944. The van der Waals surface area contributed by atoms with Gasteiger partial charge in [-0.3, -0.25) is 0 Å². The van der Waals surface area contributed by atoms with Crippen LogP contribution >= 0.6 is 0 Å². The molecule has 1 heterocycles. The van der Waals surface area contributed by atoms with Crippen LogP contribution in [0.3, 0.4) is 0 Å². The molecule has 0 aliphatic heterocycles. The maximum absolute atomic E-state index is 10.0. The van der Waals surface area contributed by atoms with Crippen LogP contribution in [0.4, 0.5) is 0 Å². The monoisotopic (exact) mass is 170 g/mol. The summed E-state index contributed by atoms with van der Waals surface area (Å²) in [6.45, 7) is 0.782. The van der Waals surface area contributed by atoms with Crippen molar-refractivity contribution in [2.24, 2.45) is 0 Å². The van der Waals surface area contributed by atoms with Crippen molar-refractivity contribution in [2.75, 3.05) is 13.2 Å². The fraction of sp³-hybridized carbons (Fsp3) is 0.429. The second-order valence-electron chi connectivity index (χ2n) is 2.25. The molecule has 5 heteroatoms. The van der Waals surface area contributed by atoms with E-state index in [4.69, 9.17) is 9.84 Å². The number of carboxylic acid groups (broad SMARTS) is 1. The smallest absolute Gasteiger partial charge is 0.329 e. The van der Waals surface area contributed by atoms with E-state index in [1.165, 1.54) is 0 Å². The highest BCUT2D eigenvalue weighted by Gasteiger charge is 1.95. The Balaban J connectivity index is 2.07. The van der Waals surface area contributed by atoms with E-state index in [0.29, 0.717) is 13.2 Å². The standard InChI is InChI=1S/C7H10N2O3/c10-7(11)5-12-4-3-9-2-1-8-6-9/h1-2,6H,3-5H2,(H,10,11). The van der Waals surface area contributed by atoms with E-state index in [0.717, 1.165) is 0 Å². The van der Waals surface area contributed by atoms with Gasteiger partial charge in [0.1, 0.15) is 6.61 Å². The van der Waals surface area contributed by atoms with Gasteiger partial charge < -0.3 is 14.4 Å². The van der Waals surface area contributed by atoms with Crippen LogP contribution in [0.5, 0.6) is 0 Å². The molecule has 0 fully saturated rings. The van der Waals surface area contributed by atoms with E-state index in [1.807, 2.05) is 4.57 Å². The maximum atomic E-state index is 10.0. The van der Waals surface area contributed by atoms with E-state index in [2.05, 4.69) is 4.98 Å². The lowest BCUT2D eigenvalue weighted by Gasteiger charge is -2.01. The molecule has 12 heavy (non-hydrogen) atoms. The molecule has 0 saturated heterocycles. The zero-order chi connectivity index (χ0) is 8.81. The Labute approximate surface area is 69.6 Å². The first-order chi connectivity index (χ1) is 5.79. The summed E-state index contributed by atoms with van der Waals surface area (Å²) in [7, 11) is 0. The van der Waals surface area contributed by atoms with Crippen LogP contribution in [0.1, 0.15) is 0 Å². The van der Waals surface area contributed by atoms with Crippen LogP contribution in [0, 0.1) is 0 Å². The highest BCUT2D eigenvalue weighted by atomic mass is 16.5. The van der Waals surface area contributed by atoms with E-state index in [9.17, 15) is 4.79 Å². The van der Waals surface area contributed by atoms with Crippen molar-refractivity contribution in [1.82, 2.24) is 9.55 Å². The molecule has 0 aromatic carbocycles. The highest BCUT2D eigenvalue weighted by molar-refractivity contribution is 5.67. The molecular weight excluding hydrogens is 160 g/mol. The van der Waals surface area contributed by atoms with Crippen molar-refractivity contribution in [3.8, 4) is 0 Å². The summed E-state index contributed by atoms with van der Waals surface area (Å²) in [5, 5.41) is 8.23. The lowest BCUT2D eigenvalue weighted by molar-refractivity contribution is -0.142. The Morgan fingerprint density at radius 1 is 1.67 bits per heavy atom. The number of ether oxygens (including phenoxy) is 1. The predicted octanol–water partition coefficient (Wildman–Crippen LogP) is -0.0157. The predicted molar refractivity (Wildman–Crippen MR) is 40.7 cm³/mol. The molecule has 1 aromatic heterocycles. The van der Waals surface area contributed by atoms with Crippen molar-refractivity contribution in [1.29, 1.82) is 0 Å². The number of aromatic nitrogens is 2. The number of carboxylic acids is 1. The first-order valence-corrected chi connectivity index (χ1v) is 3.54. The third-order valence-corrected chi connectivity index (χ3v) is 1.28. The van der Waals surface area contributed by atoms with Crippen LogP contribution in [0.25, 0.3) is 0 Å². The average Bonchev–Trinajstić information content (AvgIpc) is 2.49. The molecule has 5 nitrogen and oxygen atoms in total. The molecule has 0 bridgehead atoms. The second-order valence-corrected chi connectivity index (χ2v) is 2.25. The first kappa shape index (κ1) is 8.73. The van der Waals surface area contributed by atoms with Crippen molar-refractivity contribution >= 4 is 5.97 Å². The number of hydrogen-bond donors (Lipinski definition) is 1. The molecule has 0 spiro atoms. The number of hydrogen-bond acceptors (Lipinski definition) is 3. The molecule has 0 radical (unpaired) electrons. The normalized spacial score (nSPS) is 10.0. The van der Waals surface area contributed by atoms with Gasteiger partial charge in [0, 0.05) is 18.9 Å². The number of carbonyl (C=O) groups is 1. The fourth-order valence-corrected chi connectivity index (χ4v) is 0.748. The quantitative estimate of drug-likeness (QED) is 0.631. The molecule has 0 aliphatic rings. The van der Waals surface area contributed by atoms with E-state index >= 15 is 0 Å². The first-order valence-electron chi connectivity index (χ1n) is 3.54. The number of imidazole rings is 1. The molecule has 66 valence electrons. The minimum absolute atomic E-state index is 0.241. The summed E-state index contributed by atoms with van der Waals surface area (Å²) in [6, 6.07) is 0. The Morgan fingerprint density at radius 2 is 2.50 bits per heavy atom. The molecular formula is C7H10N2O3. The van der Waals surface area contributed by atoms with Crippen LogP contribution in [0.15, 0.2) is 18.7 Å². The van der Waals surface area contributed by atoms with Crippen molar-refractivity contribution in [3.63, 3.8) is 0 Å². The van der Waals surface area contributed by atoms with Crippen molar-refractivity contribution in [2.45, 2.75) is 6.54 Å². The average molecular weight is 170 g/mol. The Bertz CT molecular complexity index is 233. The number of nitrogens with zero attached hydrogens (tertiary/aromatic N) is 2. The van der Waals surface area contributed by atoms with Crippen LogP contribution < -0.4 is 0 Å². The van der Waals surface area contributed by atoms with Gasteiger partial charge in [-0.25, -0.2) is 9.78 Å². The number of aliphatic carboxylic acids is 1. The van der Waals surface area contributed by atoms with E-state index < -0.39 is 5.97 Å². The molecule has 0 unspecified atom stereocenters. The van der Waals surface area contributed by atoms with Gasteiger partial charge in [0.05, 0.1) is 12.9 Å². The molecule has 0 atom stereocenters. The maximum Gasteiger partial charge on any atom is 0.329 e. The largest absolute Gasteiger partial charge is 0.480 e. The Kier molecular flexibility index (Phi) is 3.28. The lowest BCUT2D eigenvalue weighted by Crippen LogP contribution is -2.11. The van der Waals surface area contributed by atoms with Gasteiger partial charge in [0.15, 0.2) is 0 Å². The summed E-state index contributed by atoms with van der Waals surface area (Å²) in [5.41, 5.74) is 0. The van der Waals surface area contributed by atoms with Crippen LogP contribution in [0.2, 0.25) is 0 Å². The molecule has 1 aromatic rings. The molecule has 0 amide bonds. The molecule has 0 saturated carbocycles. The lowest BCUT2D eigenvalue weighted by atomic mass is 10.6. The topological polar surface area (TPSA) is 64.3 Å². The zero-order valence-electron chi connectivity index (χ0n) is 6.51. The SMILES string of the molecule is O=C(O)COCCn1ccnc1. The highest BCUT2D eigenvalue weighted by Crippen LogP contribution is 1.86. The van der Waals surface area contributed by atoms with Crippen molar-refractivity contribution in [3.05, 3.63) is 18.7 Å². The summed E-state index contributed by atoms with van der Waals surface area (Å²) in [5.74, 6) is -0.944. The zero-order valence-corrected chi connectivity index (χ0v) is 6.51. The minimum Gasteiger partial charge on any atom is -0.480 e. The third-order valence-electron chi connectivity index (χ3n) is 1.28. The van der Waals surface area contributed by atoms with E-state index in [-0.39, 0.29) is 6.61 Å². The van der Waals surface area contributed by atoms with Crippen LogP contribution in [-0.2, 0) is 16.1 Å². The molecule has 1 N–H and O–H groups in total. The Hall–Kier alpha value is -1.36. The van der Waals surface area contributed by atoms with Gasteiger partial charge >= 0.3 is 5.97 Å². The van der Waals surface area contributed by atoms with Gasteiger partial charge in [0.25, 0.3) is 0 Å². The third kappa shape index (κ3) is 3.16. The van der Waals surface area contributed by atoms with Gasteiger partial charge in [-0.05, 0) is 0 Å². The summed E-state index contributed by atoms with van der Waals surface area (Å²) in [4.78, 5) is 13.8. The van der Waals surface area contributed by atoms with Gasteiger partial charge in [-0.2, -0.15) is 0 Å². The van der Waals surface area contributed by atoms with Gasteiger partial charge in [0.2, 0.25) is 0 Å².